The molecule has 0 unspecified atom stereocenters. The first kappa shape index (κ1) is 17.4. The van der Waals surface area contributed by atoms with Crippen LogP contribution >= 0.6 is 0 Å². The fraction of sp³-hybridized carbons (Fsp3) is 0.300. The minimum Gasteiger partial charge on any atom is -0.454 e. The van der Waals surface area contributed by atoms with E-state index in [-0.39, 0.29) is 18.6 Å². The summed E-state index contributed by atoms with van der Waals surface area (Å²) in [6.45, 7) is 2.94. The molecule has 0 aromatic heterocycles. The highest BCUT2D eigenvalue weighted by atomic mass is 16.7. The maximum absolute atomic E-state index is 12.4. The van der Waals surface area contributed by atoms with Crippen LogP contribution in [0.25, 0.3) is 0 Å². The molecule has 7 heteroatoms. The van der Waals surface area contributed by atoms with Gasteiger partial charge < -0.3 is 24.4 Å². The van der Waals surface area contributed by atoms with Crippen LogP contribution in [-0.2, 0) is 11.3 Å². The van der Waals surface area contributed by atoms with E-state index in [0.717, 1.165) is 5.56 Å². The largest absolute Gasteiger partial charge is 0.454 e. The molecule has 2 aromatic rings. The second-order valence-corrected chi connectivity index (χ2v) is 6.35. The van der Waals surface area contributed by atoms with Crippen LogP contribution in [0.15, 0.2) is 42.5 Å². The number of carbonyl (C=O) groups excluding carboxylic acids is 2. The monoisotopic (exact) mass is 368 g/mol. The van der Waals surface area contributed by atoms with Crippen molar-refractivity contribution >= 4 is 11.8 Å². The number of morpholine rings is 1. The number of fused-ring (bicyclic) bond motifs is 1. The van der Waals surface area contributed by atoms with Gasteiger partial charge in [0.15, 0.2) is 11.5 Å². The molecule has 0 aliphatic carbocycles. The first-order valence-corrected chi connectivity index (χ1v) is 8.84. The van der Waals surface area contributed by atoms with Gasteiger partial charge in [-0.1, -0.05) is 12.1 Å². The van der Waals surface area contributed by atoms with Gasteiger partial charge in [0.2, 0.25) is 6.79 Å². The number of hydrogen-bond acceptors (Lipinski definition) is 5. The Labute approximate surface area is 156 Å². The Morgan fingerprint density at radius 2 is 1.63 bits per heavy atom. The molecule has 0 spiro atoms. The van der Waals surface area contributed by atoms with Crippen molar-refractivity contribution in [3.63, 3.8) is 0 Å². The predicted octanol–water partition coefficient (Wildman–Crippen LogP) is 1.82. The Balaban J connectivity index is 1.34. The molecule has 27 heavy (non-hydrogen) atoms. The number of nitrogens with one attached hydrogen (secondary N) is 1. The third-order valence-corrected chi connectivity index (χ3v) is 4.59. The minimum atomic E-state index is -0.193. The van der Waals surface area contributed by atoms with E-state index in [0.29, 0.717) is 55.5 Å². The van der Waals surface area contributed by atoms with E-state index in [1.807, 2.05) is 12.1 Å². The quantitative estimate of drug-likeness (QED) is 0.891. The molecule has 2 amide bonds. The van der Waals surface area contributed by atoms with Gasteiger partial charge >= 0.3 is 0 Å². The van der Waals surface area contributed by atoms with Crippen LogP contribution in [-0.4, -0.2) is 49.8 Å². The zero-order valence-electron chi connectivity index (χ0n) is 14.8. The number of nitrogens with zero attached hydrogens (tertiary/aromatic N) is 1. The van der Waals surface area contributed by atoms with Gasteiger partial charge in [-0.05, 0) is 35.9 Å². The van der Waals surface area contributed by atoms with Crippen molar-refractivity contribution in [3.05, 3.63) is 59.2 Å². The standard InChI is InChI=1S/C20H20N2O5/c23-19(16-5-6-17-18(11-16)27-13-26-17)21-12-14-1-3-15(4-2-14)20(24)22-7-9-25-10-8-22/h1-6,11H,7-10,12-13H2,(H,21,23). The van der Waals surface area contributed by atoms with Crippen molar-refractivity contribution in [1.82, 2.24) is 10.2 Å². The molecule has 1 saturated heterocycles. The number of carbonyl (C=O) groups is 2. The number of benzene rings is 2. The van der Waals surface area contributed by atoms with E-state index in [1.54, 1.807) is 35.2 Å². The zero-order chi connectivity index (χ0) is 18.6. The Kier molecular flexibility index (Phi) is 4.93. The topological polar surface area (TPSA) is 77.1 Å². The number of amides is 2. The normalized spacial score (nSPS) is 15.5. The van der Waals surface area contributed by atoms with Crippen LogP contribution in [0.4, 0.5) is 0 Å². The van der Waals surface area contributed by atoms with Crippen LogP contribution in [0.5, 0.6) is 11.5 Å². The van der Waals surface area contributed by atoms with E-state index in [2.05, 4.69) is 5.32 Å². The van der Waals surface area contributed by atoms with Crippen LogP contribution in [0.3, 0.4) is 0 Å². The lowest BCUT2D eigenvalue weighted by atomic mass is 10.1. The lowest BCUT2D eigenvalue weighted by Gasteiger charge is -2.26. The molecule has 140 valence electrons. The van der Waals surface area contributed by atoms with Crippen molar-refractivity contribution < 1.29 is 23.8 Å². The molecular weight excluding hydrogens is 348 g/mol. The summed E-state index contributed by atoms with van der Waals surface area (Å²) in [5, 5.41) is 2.87. The van der Waals surface area contributed by atoms with Crippen LogP contribution < -0.4 is 14.8 Å². The molecule has 1 N–H and O–H groups in total. The first-order valence-electron chi connectivity index (χ1n) is 8.84. The molecule has 1 fully saturated rings. The van der Waals surface area contributed by atoms with E-state index in [9.17, 15) is 9.59 Å². The van der Waals surface area contributed by atoms with Gasteiger partial charge in [-0.3, -0.25) is 9.59 Å². The van der Waals surface area contributed by atoms with Crippen LogP contribution in [0.2, 0.25) is 0 Å². The molecule has 0 bridgehead atoms. The van der Waals surface area contributed by atoms with Crippen molar-refractivity contribution in [3.8, 4) is 11.5 Å². The summed E-state index contributed by atoms with van der Waals surface area (Å²) in [6, 6.07) is 12.4. The van der Waals surface area contributed by atoms with Crippen molar-refractivity contribution in [2.75, 3.05) is 33.1 Å². The minimum absolute atomic E-state index is 0.00856. The molecule has 2 heterocycles. The van der Waals surface area contributed by atoms with Gasteiger partial charge in [-0.25, -0.2) is 0 Å². The third kappa shape index (κ3) is 3.88. The fourth-order valence-corrected chi connectivity index (χ4v) is 3.04. The van der Waals surface area contributed by atoms with Gasteiger partial charge in [0.1, 0.15) is 0 Å². The highest BCUT2D eigenvalue weighted by Crippen LogP contribution is 2.32. The lowest BCUT2D eigenvalue weighted by molar-refractivity contribution is 0.0303. The van der Waals surface area contributed by atoms with E-state index in [4.69, 9.17) is 14.2 Å². The smallest absolute Gasteiger partial charge is 0.254 e. The summed E-state index contributed by atoms with van der Waals surface area (Å²) in [7, 11) is 0. The van der Waals surface area contributed by atoms with Crippen molar-refractivity contribution in [1.29, 1.82) is 0 Å². The molecule has 2 aliphatic rings. The summed E-state index contributed by atoms with van der Waals surface area (Å²) in [6.07, 6.45) is 0. The Morgan fingerprint density at radius 1 is 0.926 bits per heavy atom. The number of rotatable bonds is 4. The zero-order valence-corrected chi connectivity index (χ0v) is 14.8. The SMILES string of the molecule is O=C(NCc1ccc(C(=O)N2CCOCC2)cc1)c1ccc2c(c1)OCO2. The first-order chi connectivity index (χ1) is 13.2. The van der Waals surface area contributed by atoms with Gasteiger partial charge in [-0.2, -0.15) is 0 Å². The number of hydrogen-bond donors (Lipinski definition) is 1. The second kappa shape index (κ2) is 7.67. The molecule has 2 aliphatic heterocycles. The molecule has 2 aromatic carbocycles. The Morgan fingerprint density at radius 3 is 2.41 bits per heavy atom. The highest BCUT2D eigenvalue weighted by Gasteiger charge is 2.19. The fourth-order valence-electron chi connectivity index (χ4n) is 3.04. The summed E-state index contributed by atoms with van der Waals surface area (Å²) in [5.41, 5.74) is 2.07. The summed E-state index contributed by atoms with van der Waals surface area (Å²) in [4.78, 5) is 26.5. The third-order valence-electron chi connectivity index (χ3n) is 4.59. The van der Waals surface area contributed by atoms with E-state index < -0.39 is 0 Å². The molecule has 4 rings (SSSR count). The second-order valence-electron chi connectivity index (χ2n) is 6.35. The Hall–Kier alpha value is -3.06. The average Bonchev–Trinajstić information content (AvgIpc) is 3.20. The molecule has 0 radical (unpaired) electrons. The Bertz CT molecular complexity index is 844. The van der Waals surface area contributed by atoms with Crippen molar-refractivity contribution in [2.45, 2.75) is 6.54 Å². The highest BCUT2D eigenvalue weighted by molar-refractivity contribution is 5.95. The van der Waals surface area contributed by atoms with Crippen LogP contribution in [0, 0.1) is 0 Å². The molecule has 0 saturated carbocycles. The summed E-state index contributed by atoms with van der Waals surface area (Å²) >= 11 is 0. The maximum atomic E-state index is 12.4. The maximum Gasteiger partial charge on any atom is 0.254 e. The van der Waals surface area contributed by atoms with Crippen LogP contribution in [0.1, 0.15) is 26.3 Å². The van der Waals surface area contributed by atoms with Gasteiger partial charge in [0.05, 0.1) is 13.2 Å². The molecule has 7 nitrogen and oxygen atoms in total. The molecular formula is C20H20N2O5. The van der Waals surface area contributed by atoms with E-state index >= 15 is 0 Å². The summed E-state index contributed by atoms with van der Waals surface area (Å²) in [5.74, 6) is 1.04. The van der Waals surface area contributed by atoms with Gasteiger partial charge in [-0.15, -0.1) is 0 Å². The van der Waals surface area contributed by atoms with Gasteiger partial charge in [0.25, 0.3) is 11.8 Å². The van der Waals surface area contributed by atoms with Gasteiger partial charge in [0, 0.05) is 30.8 Å². The van der Waals surface area contributed by atoms with E-state index in [1.165, 1.54) is 0 Å². The van der Waals surface area contributed by atoms with Crippen molar-refractivity contribution in [2.24, 2.45) is 0 Å². The molecule has 0 atom stereocenters. The summed E-state index contributed by atoms with van der Waals surface area (Å²) < 4.78 is 15.8. The average molecular weight is 368 g/mol. The number of ether oxygens (including phenoxy) is 3. The predicted molar refractivity (Wildman–Crippen MR) is 96.9 cm³/mol. The lowest BCUT2D eigenvalue weighted by Crippen LogP contribution is -2.40.